The molecule has 22 heavy (non-hydrogen) atoms. The van der Waals surface area contributed by atoms with Gasteiger partial charge in [0.15, 0.2) is 0 Å². The van der Waals surface area contributed by atoms with Gasteiger partial charge in [0.1, 0.15) is 5.82 Å². The van der Waals surface area contributed by atoms with Crippen molar-refractivity contribution >= 4 is 36.5 Å². The van der Waals surface area contributed by atoms with Crippen LogP contribution in [0.25, 0.3) is 0 Å². The summed E-state index contributed by atoms with van der Waals surface area (Å²) in [5, 5.41) is 6.39. The number of hydrogen-bond acceptors (Lipinski definition) is 4. The lowest BCUT2D eigenvalue weighted by molar-refractivity contribution is 0.0929. The summed E-state index contributed by atoms with van der Waals surface area (Å²) in [6, 6.07) is 4.14. The Morgan fingerprint density at radius 3 is 2.45 bits per heavy atom. The minimum absolute atomic E-state index is 0. The van der Waals surface area contributed by atoms with E-state index in [4.69, 9.17) is 0 Å². The van der Waals surface area contributed by atoms with Crippen LogP contribution in [0.4, 0.5) is 5.82 Å². The standard InChI is InChI=1S/C15H22N4O.2ClH/c20-15(18-13-5-7-16-8-6-13)12-3-4-14(17-11-12)19-9-1-2-10-19;;/h3-4,11,13,16H,1-2,5-10H2,(H,18,20);2*1H. The third-order valence-electron chi connectivity index (χ3n) is 4.11. The Morgan fingerprint density at radius 1 is 1.18 bits per heavy atom. The second-order valence-electron chi connectivity index (χ2n) is 5.60. The number of amides is 1. The lowest BCUT2D eigenvalue weighted by Crippen LogP contribution is -2.42. The van der Waals surface area contributed by atoms with Crippen LogP contribution in [0.3, 0.4) is 0 Å². The van der Waals surface area contributed by atoms with E-state index in [1.165, 1.54) is 12.8 Å². The van der Waals surface area contributed by atoms with Crippen molar-refractivity contribution in [3.63, 3.8) is 0 Å². The normalized spacial score (nSPS) is 18.3. The van der Waals surface area contributed by atoms with Crippen molar-refractivity contribution < 1.29 is 4.79 Å². The Labute approximate surface area is 144 Å². The van der Waals surface area contributed by atoms with E-state index in [1.807, 2.05) is 12.1 Å². The van der Waals surface area contributed by atoms with Gasteiger partial charge in [-0.3, -0.25) is 4.79 Å². The first-order valence-electron chi connectivity index (χ1n) is 7.55. The first kappa shape index (κ1) is 19.0. The summed E-state index contributed by atoms with van der Waals surface area (Å²) in [7, 11) is 0. The lowest BCUT2D eigenvalue weighted by Gasteiger charge is -2.23. The van der Waals surface area contributed by atoms with Gasteiger partial charge < -0.3 is 15.5 Å². The van der Waals surface area contributed by atoms with Crippen LogP contribution in [0.1, 0.15) is 36.0 Å². The molecule has 0 aromatic carbocycles. The van der Waals surface area contributed by atoms with Gasteiger partial charge in [0.05, 0.1) is 5.56 Å². The highest BCUT2D eigenvalue weighted by Gasteiger charge is 2.17. The maximum Gasteiger partial charge on any atom is 0.253 e. The average Bonchev–Trinajstić information content (AvgIpc) is 3.03. The maximum absolute atomic E-state index is 12.2. The number of anilines is 1. The number of hydrogen-bond donors (Lipinski definition) is 2. The topological polar surface area (TPSA) is 57.3 Å². The molecule has 124 valence electrons. The fraction of sp³-hybridized carbons (Fsp3) is 0.600. The highest BCUT2D eigenvalue weighted by molar-refractivity contribution is 5.94. The number of aromatic nitrogens is 1. The van der Waals surface area contributed by atoms with Crippen molar-refractivity contribution in [3.05, 3.63) is 23.9 Å². The van der Waals surface area contributed by atoms with Gasteiger partial charge in [-0.25, -0.2) is 4.98 Å². The second-order valence-corrected chi connectivity index (χ2v) is 5.60. The average molecular weight is 347 g/mol. The minimum Gasteiger partial charge on any atom is -0.357 e. The first-order valence-corrected chi connectivity index (χ1v) is 7.55. The summed E-state index contributed by atoms with van der Waals surface area (Å²) in [4.78, 5) is 18.9. The monoisotopic (exact) mass is 346 g/mol. The Morgan fingerprint density at radius 2 is 1.86 bits per heavy atom. The number of halogens is 2. The van der Waals surface area contributed by atoms with Crippen LogP contribution in [-0.4, -0.2) is 43.1 Å². The van der Waals surface area contributed by atoms with Crippen LogP contribution in [-0.2, 0) is 0 Å². The number of piperidine rings is 1. The van der Waals surface area contributed by atoms with Crippen LogP contribution in [0.2, 0.25) is 0 Å². The van der Waals surface area contributed by atoms with E-state index >= 15 is 0 Å². The SMILES string of the molecule is Cl.Cl.O=C(NC1CCNCC1)c1ccc(N2CCCC2)nc1. The number of rotatable bonds is 3. The molecule has 3 heterocycles. The Balaban J connectivity index is 0.00000121. The van der Waals surface area contributed by atoms with E-state index in [0.717, 1.165) is 44.8 Å². The smallest absolute Gasteiger partial charge is 0.253 e. The number of carbonyl (C=O) groups is 1. The van der Waals surface area contributed by atoms with Crippen molar-refractivity contribution in [3.8, 4) is 0 Å². The largest absolute Gasteiger partial charge is 0.357 e. The van der Waals surface area contributed by atoms with E-state index in [9.17, 15) is 4.79 Å². The highest BCUT2D eigenvalue weighted by atomic mass is 35.5. The molecular weight excluding hydrogens is 323 g/mol. The Kier molecular flexibility index (Phi) is 7.93. The van der Waals surface area contributed by atoms with Gasteiger partial charge in [0, 0.05) is 25.3 Å². The molecule has 0 unspecified atom stereocenters. The van der Waals surface area contributed by atoms with E-state index in [-0.39, 0.29) is 30.7 Å². The molecule has 0 aliphatic carbocycles. The highest BCUT2D eigenvalue weighted by Crippen LogP contribution is 2.17. The molecule has 0 atom stereocenters. The van der Waals surface area contributed by atoms with Crippen molar-refractivity contribution in [1.82, 2.24) is 15.6 Å². The molecule has 2 saturated heterocycles. The van der Waals surface area contributed by atoms with Crippen molar-refractivity contribution in [2.24, 2.45) is 0 Å². The summed E-state index contributed by atoms with van der Waals surface area (Å²) in [6.07, 6.45) is 6.18. The molecule has 1 amide bonds. The van der Waals surface area contributed by atoms with Crippen molar-refractivity contribution in [1.29, 1.82) is 0 Å². The van der Waals surface area contributed by atoms with Gasteiger partial charge in [-0.15, -0.1) is 24.8 Å². The van der Waals surface area contributed by atoms with Gasteiger partial charge in [0.25, 0.3) is 5.91 Å². The van der Waals surface area contributed by atoms with E-state index < -0.39 is 0 Å². The zero-order valence-corrected chi connectivity index (χ0v) is 14.2. The van der Waals surface area contributed by atoms with Gasteiger partial charge in [-0.2, -0.15) is 0 Å². The molecule has 0 spiro atoms. The van der Waals surface area contributed by atoms with E-state index in [1.54, 1.807) is 6.20 Å². The predicted molar refractivity (Wildman–Crippen MR) is 93.5 cm³/mol. The zero-order valence-electron chi connectivity index (χ0n) is 12.6. The quantitative estimate of drug-likeness (QED) is 0.878. The van der Waals surface area contributed by atoms with Crippen molar-refractivity contribution in [2.45, 2.75) is 31.7 Å². The minimum atomic E-state index is -0.00243. The molecular formula is C15H24Cl2N4O. The molecule has 1 aromatic heterocycles. The summed E-state index contributed by atoms with van der Waals surface area (Å²) >= 11 is 0. The molecule has 5 nitrogen and oxygen atoms in total. The molecule has 0 bridgehead atoms. The van der Waals surface area contributed by atoms with Gasteiger partial charge in [-0.05, 0) is 50.9 Å². The van der Waals surface area contributed by atoms with Crippen LogP contribution in [0.5, 0.6) is 0 Å². The van der Waals surface area contributed by atoms with Crippen molar-refractivity contribution in [2.75, 3.05) is 31.1 Å². The molecule has 0 saturated carbocycles. The van der Waals surface area contributed by atoms with Gasteiger partial charge in [-0.1, -0.05) is 0 Å². The second kappa shape index (κ2) is 9.18. The van der Waals surface area contributed by atoms with Crippen LogP contribution >= 0.6 is 24.8 Å². The third-order valence-corrected chi connectivity index (χ3v) is 4.11. The molecule has 3 rings (SSSR count). The van der Waals surface area contributed by atoms with Gasteiger partial charge >= 0.3 is 0 Å². The van der Waals surface area contributed by atoms with Crippen LogP contribution in [0, 0.1) is 0 Å². The Bertz CT molecular complexity index is 457. The van der Waals surface area contributed by atoms with Crippen LogP contribution in [0.15, 0.2) is 18.3 Å². The molecule has 2 aliphatic heterocycles. The molecule has 2 aliphatic rings. The predicted octanol–water partition coefficient (Wildman–Crippen LogP) is 2.01. The lowest BCUT2D eigenvalue weighted by atomic mass is 10.1. The fourth-order valence-corrected chi connectivity index (χ4v) is 2.89. The molecule has 2 N–H and O–H groups in total. The summed E-state index contributed by atoms with van der Waals surface area (Å²) < 4.78 is 0. The number of pyridine rings is 1. The van der Waals surface area contributed by atoms with E-state index in [2.05, 4.69) is 20.5 Å². The Hall–Kier alpha value is -1.04. The van der Waals surface area contributed by atoms with E-state index in [0.29, 0.717) is 11.6 Å². The molecule has 7 heteroatoms. The fourth-order valence-electron chi connectivity index (χ4n) is 2.89. The van der Waals surface area contributed by atoms with Gasteiger partial charge in [0.2, 0.25) is 0 Å². The molecule has 1 aromatic rings. The zero-order chi connectivity index (χ0) is 13.8. The number of nitrogens with one attached hydrogen (secondary N) is 2. The molecule has 0 radical (unpaired) electrons. The molecule has 2 fully saturated rings. The summed E-state index contributed by atoms with van der Waals surface area (Å²) in [6.45, 7) is 4.12. The first-order chi connectivity index (χ1) is 9.83. The summed E-state index contributed by atoms with van der Waals surface area (Å²) in [5.41, 5.74) is 0.659. The number of carbonyl (C=O) groups excluding carboxylic acids is 1. The third kappa shape index (κ3) is 4.73. The van der Waals surface area contributed by atoms with Crippen LogP contribution < -0.4 is 15.5 Å². The summed E-state index contributed by atoms with van der Waals surface area (Å²) in [5.74, 6) is 0.985. The number of nitrogens with zero attached hydrogens (tertiary/aromatic N) is 2. The maximum atomic E-state index is 12.2.